The molecule has 2 aromatic carbocycles. The van der Waals surface area contributed by atoms with E-state index in [1.807, 2.05) is 25.1 Å². The van der Waals surface area contributed by atoms with Gasteiger partial charge >= 0.3 is 0 Å². The molecule has 0 aliphatic rings. The Morgan fingerprint density at radius 3 is 2.90 bits per heavy atom. The van der Waals surface area contributed by atoms with Crippen LogP contribution in [-0.2, 0) is 17.8 Å². The molecule has 9 heteroatoms. The van der Waals surface area contributed by atoms with Gasteiger partial charge in [0, 0.05) is 28.9 Å². The van der Waals surface area contributed by atoms with Crippen molar-refractivity contribution in [3.05, 3.63) is 80.0 Å². The molecule has 0 aliphatic heterocycles. The summed E-state index contributed by atoms with van der Waals surface area (Å²) in [5.41, 5.74) is 2.32. The third-order valence-electron chi connectivity index (χ3n) is 4.62. The molecule has 1 N–H and O–H groups in total. The van der Waals surface area contributed by atoms with Gasteiger partial charge in [-0.1, -0.05) is 47.1 Å². The summed E-state index contributed by atoms with van der Waals surface area (Å²) in [6.45, 7) is 2.11. The molecule has 0 atom stereocenters. The highest BCUT2D eigenvalue weighted by Crippen LogP contribution is 2.26. The molecule has 0 saturated heterocycles. The molecule has 0 fully saturated rings. The van der Waals surface area contributed by atoms with Gasteiger partial charge in [-0.15, -0.1) is 16.4 Å². The molecule has 2 aromatic heterocycles. The van der Waals surface area contributed by atoms with Gasteiger partial charge in [0.05, 0.1) is 11.9 Å². The van der Waals surface area contributed by atoms with Gasteiger partial charge in [-0.3, -0.25) is 9.59 Å². The van der Waals surface area contributed by atoms with Gasteiger partial charge in [0.15, 0.2) is 5.13 Å². The first-order valence-corrected chi connectivity index (χ1v) is 10.5. The quantitative estimate of drug-likeness (QED) is 0.493. The number of halogens is 1. The fourth-order valence-electron chi connectivity index (χ4n) is 3.04. The average Bonchev–Trinajstić information content (AvgIpc) is 3.18. The first-order valence-electron chi connectivity index (χ1n) is 9.32. The Bertz CT molecular complexity index is 1280. The van der Waals surface area contributed by atoms with E-state index in [0.717, 1.165) is 21.0 Å². The summed E-state index contributed by atoms with van der Waals surface area (Å²) in [6.07, 6.45) is 2.47. The molecule has 0 aliphatic carbocycles. The van der Waals surface area contributed by atoms with Crippen LogP contribution in [0.2, 0.25) is 5.02 Å². The number of aromatic nitrogens is 4. The van der Waals surface area contributed by atoms with Crippen molar-refractivity contribution in [3.63, 3.8) is 0 Å². The van der Waals surface area contributed by atoms with E-state index in [2.05, 4.69) is 20.6 Å². The lowest BCUT2D eigenvalue weighted by atomic mass is 10.1. The van der Waals surface area contributed by atoms with Crippen LogP contribution >= 0.6 is 22.9 Å². The van der Waals surface area contributed by atoms with Gasteiger partial charge in [-0.25, -0.2) is 9.67 Å². The zero-order chi connectivity index (χ0) is 21.1. The minimum atomic E-state index is -0.264. The number of nitrogens with zero attached hydrogens (tertiary/aromatic N) is 4. The Morgan fingerprint density at radius 1 is 1.20 bits per heavy atom. The maximum absolute atomic E-state index is 12.4. The molecule has 30 heavy (non-hydrogen) atoms. The summed E-state index contributed by atoms with van der Waals surface area (Å²) < 4.78 is 1.20. The highest BCUT2D eigenvalue weighted by Gasteiger charge is 2.11. The highest BCUT2D eigenvalue weighted by atomic mass is 35.5. The van der Waals surface area contributed by atoms with Crippen molar-refractivity contribution >= 4 is 44.9 Å². The maximum atomic E-state index is 12.4. The maximum Gasteiger partial charge on any atom is 0.277 e. The van der Waals surface area contributed by atoms with Gasteiger partial charge in [0.1, 0.15) is 5.52 Å². The first kappa shape index (κ1) is 20.2. The average molecular weight is 440 g/mol. The standard InChI is InChI=1S/C21H18ClN5O2S/c1-13-5-4-6-14(19(13)22)11-15-12-23-21(30-15)24-18(28)9-10-27-20(29)16-7-2-3-8-17(16)25-26-27/h2-8,12H,9-11H2,1H3,(H,23,24,28). The van der Waals surface area contributed by atoms with E-state index in [-0.39, 0.29) is 24.4 Å². The lowest BCUT2D eigenvalue weighted by molar-refractivity contribution is -0.116. The molecular formula is C21H18ClN5O2S. The number of hydrogen-bond acceptors (Lipinski definition) is 6. The summed E-state index contributed by atoms with van der Waals surface area (Å²) in [4.78, 5) is 30.0. The molecule has 0 unspecified atom stereocenters. The van der Waals surface area contributed by atoms with Gasteiger partial charge in [-0.2, -0.15) is 0 Å². The van der Waals surface area contributed by atoms with Gasteiger partial charge < -0.3 is 5.32 Å². The first-order chi connectivity index (χ1) is 14.5. The van der Waals surface area contributed by atoms with E-state index in [9.17, 15) is 9.59 Å². The normalized spacial score (nSPS) is 11.0. The van der Waals surface area contributed by atoms with Crippen LogP contribution in [0.15, 0.2) is 53.5 Å². The van der Waals surface area contributed by atoms with Crippen molar-refractivity contribution in [1.29, 1.82) is 0 Å². The monoisotopic (exact) mass is 439 g/mol. The Labute approximate surface area is 181 Å². The molecule has 0 saturated carbocycles. The smallest absolute Gasteiger partial charge is 0.277 e. The number of thiazole rings is 1. The van der Waals surface area contributed by atoms with Crippen LogP contribution in [0, 0.1) is 6.92 Å². The van der Waals surface area contributed by atoms with Crippen LogP contribution in [0.25, 0.3) is 10.9 Å². The second kappa shape index (κ2) is 8.73. The van der Waals surface area contributed by atoms with Crippen molar-refractivity contribution in [2.24, 2.45) is 0 Å². The molecule has 0 radical (unpaired) electrons. The largest absolute Gasteiger partial charge is 0.302 e. The number of carbonyl (C=O) groups excluding carboxylic acids is 1. The summed E-state index contributed by atoms with van der Waals surface area (Å²) in [7, 11) is 0. The van der Waals surface area contributed by atoms with Gasteiger partial charge in [0.25, 0.3) is 5.56 Å². The summed E-state index contributed by atoms with van der Waals surface area (Å²) in [5, 5.41) is 12.4. The number of nitrogens with one attached hydrogen (secondary N) is 1. The topological polar surface area (TPSA) is 89.8 Å². The number of hydrogen-bond donors (Lipinski definition) is 1. The Balaban J connectivity index is 1.38. The third-order valence-corrected chi connectivity index (χ3v) is 6.07. The molecule has 4 rings (SSSR count). The second-order valence-electron chi connectivity index (χ2n) is 6.79. The van der Waals surface area contributed by atoms with Crippen molar-refractivity contribution in [2.75, 3.05) is 5.32 Å². The molecule has 1 amide bonds. The second-order valence-corrected chi connectivity index (χ2v) is 8.28. The molecule has 2 heterocycles. The Morgan fingerprint density at radius 2 is 2.03 bits per heavy atom. The van der Waals surface area contributed by atoms with Crippen molar-refractivity contribution in [2.45, 2.75) is 26.3 Å². The molecule has 0 spiro atoms. The van der Waals surface area contributed by atoms with Crippen LogP contribution in [0.1, 0.15) is 22.4 Å². The van der Waals surface area contributed by atoms with Crippen molar-refractivity contribution in [1.82, 2.24) is 20.0 Å². The number of rotatable bonds is 6. The number of aryl methyl sites for hydroxylation is 2. The molecular weight excluding hydrogens is 422 g/mol. The number of benzene rings is 2. The van der Waals surface area contributed by atoms with Crippen LogP contribution < -0.4 is 10.9 Å². The van der Waals surface area contributed by atoms with Crippen molar-refractivity contribution in [3.8, 4) is 0 Å². The number of amides is 1. The number of carbonyl (C=O) groups is 1. The van der Waals surface area contributed by atoms with Crippen molar-refractivity contribution < 1.29 is 4.79 Å². The van der Waals surface area contributed by atoms with Gasteiger partial charge in [-0.05, 0) is 30.2 Å². The fraction of sp³-hybridized carbons (Fsp3) is 0.190. The molecule has 0 bridgehead atoms. The lowest BCUT2D eigenvalue weighted by Crippen LogP contribution is -2.26. The summed E-state index contributed by atoms with van der Waals surface area (Å²) >= 11 is 7.76. The summed E-state index contributed by atoms with van der Waals surface area (Å²) in [6, 6.07) is 12.9. The minimum Gasteiger partial charge on any atom is -0.302 e. The highest BCUT2D eigenvalue weighted by molar-refractivity contribution is 7.15. The van der Waals surface area contributed by atoms with Gasteiger partial charge in [0.2, 0.25) is 5.91 Å². The number of anilines is 1. The lowest BCUT2D eigenvalue weighted by Gasteiger charge is -2.05. The predicted octanol–water partition coefficient (Wildman–Crippen LogP) is 3.83. The van der Waals surface area contributed by atoms with E-state index in [0.29, 0.717) is 22.5 Å². The fourth-order valence-corrected chi connectivity index (χ4v) is 4.08. The molecule has 152 valence electrons. The third kappa shape index (κ3) is 4.39. The van der Waals surface area contributed by atoms with E-state index in [1.54, 1.807) is 30.5 Å². The van der Waals surface area contributed by atoms with Crippen LogP contribution in [0.4, 0.5) is 5.13 Å². The predicted molar refractivity (Wildman–Crippen MR) is 118 cm³/mol. The van der Waals surface area contributed by atoms with Crippen LogP contribution in [0.3, 0.4) is 0 Å². The van der Waals surface area contributed by atoms with E-state index in [1.165, 1.54) is 16.0 Å². The number of fused-ring (bicyclic) bond motifs is 1. The Kier molecular flexibility index (Phi) is 5.87. The minimum absolute atomic E-state index is 0.0888. The zero-order valence-corrected chi connectivity index (χ0v) is 17.7. The SMILES string of the molecule is Cc1cccc(Cc2cnc(NC(=O)CCn3nnc4ccccc4c3=O)s2)c1Cl. The van der Waals surface area contributed by atoms with Crippen LogP contribution in [-0.4, -0.2) is 25.9 Å². The zero-order valence-electron chi connectivity index (χ0n) is 16.1. The Hall–Kier alpha value is -3.10. The molecule has 7 nitrogen and oxygen atoms in total. The molecule has 4 aromatic rings. The van der Waals surface area contributed by atoms with E-state index < -0.39 is 0 Å². The van der Waals surface area contributed by atoms with E-state index >= 15 is 0 Å². The van der Waals surface area contributed by atoms with Crippen LogP contribution in [0.5, 0.6) is 0 Å². The van der Waals surface area contributed by atoms with E-state index in [4.69, 9.17) is 11.6 Å². The summed E-state index contributed by atoms with van der Waals surface area (Å²) in [5.74, 6) is -0.244.